The van der Waals surface area contributed by atoms with Crippen molar-refractivity contribution >= 4 is 17.7 Å². The summed E-state index contributed by atoms with van der Waals surface area (Å²) in [6, 6.07) is 0. The van der Waals surface area contributed by atoms with E-state index in [2.05, 4.69) is 0 Å². The van der Waals surface area contributed by atoms with Gasteiger partial charge in [-0.1, -0.05) is 0 Å². The summed E-state index contributed by atoms with van der Waals surface area (Å²) < 4.78 is 0. The maximum atomic E-state index is 11.1. The molecule has 0 aromatic heterocycles. The smallest absolute Gasteiger partial charge is 0.254 e. The molecule has 5 nitrogen and oxygen atoms in total. The predicted octanol–water partition coefficient (Wildman–Crippen LogP) is -0.825. The van der Waals surface area contributed by atoms with E-state index in [0.29, 0.717) is 0 Å². The zero-order chi connectivity index (χ0) is 10.2. The summed E-state index contributed by atoms with van der Waals surface area (Å²) in [5.74, 6) is -1.72. The predicted molar refractivity (Wildman–Crippen MR) is 44.3 cm³/mol. The highest BCUT2D eigenvalue weighted by molar-refractivity contribution is 6.15. The number of rotatable bonds is 2. The molecule has 0 aromatic carbocycles. The fraction of sp³-hybridized carbons (Fsp3) is 0.375. The van der Waals surface area contributed by atoms with E-state index in [0.717, 1.165) is 17.1 Å². The van der Waals surface area contributed by atoms with Crippen LogP contribution in [0.5, 0.6) is 0 Å². The van der Waals surface area contributed by atoms with Crippen LogP contribution in [-0.4, -0.2) is 28.2 Å². The van der Waals surface area contributed by atoms with Crippen molar-refractivity contribution in [1.29, 1.82) is 0 Å². The topological polar surface area (TPSA) is 80.5 Å². The molecule has 0 aromatic rings. The van der Waals surface area contributed by atoms with Gasteiger partial charge in [0.2, 0.25) is 5.91 Å². The molecule has 0 saturated carbocycles. The van der Waals surface area contributed by atoms with E-state index in [4.69, 9.17) is 5.73 Å². The highest BCUT2D eigenvalue weighted by Gasteiger charge is 2.41. The van der Waals surface area contributed by atoms with E-state index in [1.165, 1.54) is 13.8 Å². The first-order valence-corrected chi connectivity index (χ1v) is 3.73. The lowest BCUT2D eigenvalue weighted by atomic mass is 10.0. The number of nitrogens with zero attached hydrogens (tertiary/aromatic N) is 1. The van der Waals surface area contributed by atoms with Crippen molar-refractivity contribution in [3.63, 3.8) is 0 Å². The standard InChI is InChI=1S/C8H10N2O3/c1-8(2,7(9)13)10-5(11)3-4-6(10)12/h3-4H,1-2H3,(H2,9,13). The largest absolute Gasteiger partial charge is 0.368 e. The van der Waals surface area contributed by atoms with Gasteiger partial charge in [0, 0.05) is 12.2 Å². The number of carbonyl (C=O) groups is 3. The Morgan fingerprint density at radius 2 is 1.69 bits per heavy atom. The van der Waals surface area contributed by atoms with E-state index < -0.39 is 23.3 Å². The van der Waals surface area contributed by atoms with E-state index in [1.54, 1.807) is 0 Å². The molecule has 13 heavy (non-hydrogen) atoms. The summed E-state index contributed by atoms with van der Waals surface area (Å²) in [6.45, 7) is 2.86. The van der Waals surface area contributed by atoms with Gasteiger partial charge in [-0.25, -0.2) is 0 Å². The van der Waals surface area contributed by atoms with Crippen LogP contribution < -0.4 is 5.73 Å². The zero-order valence-corrected chi connectivity index (χ0v) is 7.40. The van der Waals surface area contributed by atoms with Crippen molar-refractivity contribution in [2.24, 2.45) is 5.73 Å². The molecule has 3 amide bonds. The second-order valence-electron chi connectivity index (χ2n) is 3.27. The average molecular weight is 182 g/mol. The van der Waals surface area contributed by atoms with Crippen LogP contribution in [0.2, 0.25) is 0 Å². The summed E-state index contributed by atoms with van der Waals surface area (Å²) >= 11 is 0. The Hall–Kier alpha value is -1.65. The number of hydrogen-bond acceptors (Lipinski definition) is 3. The molecule has 0 fully saturated rings. The van der Waals surface area contributed by atoms with Crippen molar-refractivity contribution in [3.8, 4) is 0 Å². The molecule has 0 atom stereocenters. The van der Waals surface area contributed by atoms with Gasteiger partial charge in [-0.3, -0.25) is 19.3 Å². The van der Waals surface area contributed by atoms with Crippen molar-refractivity contribution in [1.82, 2.24) is 4.90 Å². The van der Waals surface area contributed by atoms with Gasteiger partial charge in [-0.05, 0) is 13.8 Å². The van der Waals surface area contributed by atoms with Crippen LogP contribution in [0, 0.1) is 0 Å². The fourth-order valence-corrected chi connectivity index (χ4v) is 1.06. The van der Waals surface area contributed by atoms with Gasteiger partial charge in [-0.15, -0.1) is 0 Å². The quantitative estimate of drug-likeness (QED) is 0.566. The molecule has 1 aliphatic rings. The normalized spacial score (nSPS) is 16.9. The minimum atomic E-state index is -1.27. The molecular formula is C8H10N2O3. The lowest BCUT2D eigenvalue weighted by Crippen LogP contribution is -2.55. The molecule has 0 aliphatic carbocycles. The number of primary amides is 1. The maximum Gasteiger partial charge on any atom is 0.254 e. The number of hydrogen-bond donors (Lipinski definition) is 1. The van der Waals surface area contributed by atoms with E-state index in [-0.39, 0.29) is 0 Å². The molecule has 2 N–H and O–H groups in total. The number of imide groups is 1. The number of nitrogens with two attached hydrogens (primary N) is 1. The minimum absolute atomic E-state index is 0.506. The number of amides is 3. The molecule has 0 saturated heterocycles. The first-order valence-electron chi connectivity index (χ1n) is 3.73. The Morgan fingerprint density at radius 3 is 2.00 bits per heavy atom. The summed E-state index contributed by atoms with van der Waals surface area (Å²) in [4.78, 5) is 34.1. The first-order chi connectivity index (χ1) is 5.87. The Labute approximate surface area is 75.2 Å². The second-order valence-corrected chi connectivity index (χ2v) is 3.27. The minimum Gasteiger partial charge on any atom is -0.368 e. The highest BCUT2D eigenvalue weighted by atomic mass is 16.2. The summed E-state index contributed by atoms with van der Waals surface area (Å²) in [6.07, 6.45) is 2.24. The van der Waals surface area contributed by atoms with Crippen LogP contribution in [0.4, 0.5) is 0 Å². The molecule has 5 heteroatoms. The van der Waals surface area contributed by atoms with Crippen molar-refractivity contribution < 1.29 is 14.4 Å². The Morgan fingerprint density at radius 1 is 1.31 bits per heavy atom. The Bertz CT molecular complexity index is 299. The van der Waals surface area contributed by atoms with Crippen molar-refractivity contribution in [3.05, 3.63) is 12.2 Å². The Kier molecular flexibility index (Phi) is 1.95. The third-order valence-corrected chi connectivity index (χ3v) is 1.97. The monoisotopic (exact) mass is 182 g/mol. The molecule has 70 valence electrons. The third kappa shape index (κ3) is 1.32. The van der Waals surface area contributed by atoms with Gasteiger partial charge in [0.05, 0.1) is 0 Å². The molecular weight excluding hydrogens is 172 g/mol. The van der Waals surface area contributed by atoms with Crippen LogP contribution in [-0.2, 0) is 14.4 Å². The lowest BCUT2D eigenvalue weighted by molar-refractivity contribution is -0.149. The van der Waals surface area contributed by atoms with Gasteiger partial charge in [0.1, 0.15) is 5.54 Å². The zero-order valence-electron chi connectivity index (χ0n) is 7.40. The number of carbonyl (C=O) groups excluding carboxylic acids is 3. The lowest BCUT2D eigenvalue weighted by Gasteiger charge is -2.30. The molecule has 0 spiro atoms. The van der Waals surface area contributed by atoms with Gasteiger partial charge in [0.15, 0.2) is 0 Å². The van der Waals surface area contributed by atoms with Crippen LogP contribution in [0.1, 0.15) is 13.8 Å². The van der Waals surface area contributed by atoms with E-state index in [9.17, 15) is 14.4 Å². The van der Waals surface area contributed by atoms with Crippen LogP contribution in [0.15, 0.2) is 12.2 Å². The van der Waals surface area contributed by atoms with Gasteiger partial charge in [0.25, 0.3) is 11.8 Å². The SMILES string of the molecule is CC(C)(C(N)=O)N1C(=O)C=CC1=O. The van der Waals surface area contributed by atoms with Crippen LogP contribution in [0.3, 0.4) is 0 Å². The molecule has 0 radical (unpaired) electrons. The average Bonchev–Trinajstić information content (AvgIpc) is 2.30. The maximum absolute atomic E-state index is 11.1. The molecule has 1 rings (SSSR count). The highest BCUT2D eigenvalue weighted by Crippen LogP contribution is 2.18. The second kappa shape index (κ2) is 2.69. The summed E-state index contributed by atoms with van der Waals surface area (Å²) in [7, 11) is 0. The van der Waals surface area contributed by atoms with Crippen LogP contribution >= 0.6 is 0 Å². The summed E-state index contributed by atoms with van der Waals surface area (Å²) in [5.41, 5.74) is 3.80. The Balaban J connectivity index is 3.02. The van der Waals surface area contributed by atoms with E-state index in [1.807, 2.05) is 0 Å². The van der Waals surface area contributed by atoms with Gasteiger partial charge in [-0.2, -0.15) is 0 Å². The third-order valence-electron chi connectivity index (χ3n) is 1.97. The molecule has 0 bridgehead atoms. The van der Waals surface area contributed by atoms with Crippen molar-refractivity contribution in [2.75, 3.05) is 0 Å². The van der Waals surface area contributed by atoms with Crippen molar-refractivity contribution in [2.45, 2.75) is 19.4 Å². The molecule has 0 unspecified atom stereocenters. The van der Waals surface area contributed by atoms with E-state index >= 15 is 0 Å². The molecule has 1 aliphatic heterocycles. The van der Waals surface area contributed by atoms with Gasteiger partial charge < -0.3 is 5.73 Å². The molecule has 1 heterocycles. The summed E-state index contributed by atoms with van der Waals surface area (Å²) in [5, 5.41) is 0. The van der Waals surface area contributed by atoms with Gasteiger partial charge >= 0.3 is 0 Å². The fourth-order valence-electron chi connectivity index (χ4n) is 1.06. The first kappa shape index (κ1) is 9.44. The van der Waals surface area contributed by atoms with Crippen LogP contribution in [0.25, 0.3) is 0 Å².